The Morgan fingerprint density at radius 2 is 1.96 bits per heavy atom. The van der Waals surface area contributed by atoms with E-state index in [-0.39, 0.29) is 30.4 Å². The van der Waals surface area contributed by atoms with Crippen molar-refractivity contribution in [3.05, 3.63) is 34.9 Å². The van der Waals surface area contributed by atoms with Crippen LogP contribution in [0.1, 0.15) is 55.7 Å². The van der Waals surface area contributed by atoms with Crippen molar-refractivity contribution in [2.24, 2.45) is 11.5 Å². The van der Waals surface area contributed by atoms with Crippen LogP contribution in [0.4, 0.5) is 0 Å². The summed E-state index contributed by atoms with van der Waals surface area (Å²) in [5, 5.41) is 2.64. The third-order valence-corrected chi connectivity index (χ3v) is 4.63. The zero-order valence-electron chi connectivity index (χ0n) is 16.2. The van der Waals surface area contributed by atoms with Gasteiger partial charge in [0.15, 0.2) is 0 Å². The lowest BCUT2D eigenvalue weighted by atomic mass is 10.00. The number of amides is 2. The van der Waals surface area contributed by atoms with Crippen molar-refractivity contribution in [2.75, 3.05) is 7.05 Å². The molecule has 6 nitrogen and oxygen atoms in total. The van der Waals surface area contributed by atoms with Crippen LogP contribution < -0.4 is 16.8 Å². The maximum absolute atomic E-state index is 11.2. The van der Waals surface area contributed by atoms with E-state index in [9.17, 15) is 9.59 Å². The van der Waals surface area contributed by atoms with Crippen molar-refractivity contribution in [2.45, 2.75) is 71.1 Å². The van der Waals surface area contributed by atoms with E-state index >= 15 is 0 Å². The molecule has 0 unspecified atom stereocenters. The van der Waals surface area contributed by atoms with Gasteiger partial charge in [0.25, 0.3) is 0 Å². The fourth-order valence-electron chi connectivity index (χ4n) is 2.75. The molecule has 26 heavy (non-hydrogen) atoms. The van der Waals surface area contributed by atoms with Crippen LogP contribution in [0.3, 0.4) is 0 Å². The molecule has 1 aromatic carbocycles. The van der Waals surface area contributed by atoms with Crippen LogP contribution in [-0.4, -0.2) is 31.0 Å². The van der Waals surface area contributed by atoms with Gasteiger partial charge in [0.2, 0.25) is 11.8 Å². The van der Waals surface area contributed by atoms with Crippen molar-refractivity contribution in [3.63, 3.8) is 0 Å². The Kier molecular flexibility index (Phi) is 9.91. The normalized spacial score (nSPS) is 13.2. The summed E-state index contributed by atoms with van der Waals surface area (Å²) < 4.78 is 5.83. The summed E-state index contributed by atoms with van der Waals surface area (Å²) in [5.74, 6) is -0.244. The first-order valence-corrected chi connectivity index (χ1v) is 9.28. The minimum atomic E-state index is -0.339. The van der Waals surface area contributed by atoms with Gasteiger partial charge in [0, 0.05) is 25.9 Å². The highest BCUT2D eigenvalue weighted by Crippen LogP contribution is 2.16. The number of carbonyl (C=O) groups excluding carboxylic acids is 2. The predicted octanol–water partition coefficient (Wildman–Crippen LogP) is 1.95. The second-order valence-corrected chi connectivity index (χ2v) is 6.83. The minimum Gasteiger partial charge on any atom is -0.372 e. The molecule has 0 heterocycles. The molecule has 6 heteroatoms. The van der Waals surface area contributed by atoms with E-state index in [1.54, 1.807) is 7.05 Å². The Labute approximate surface area is 156 Å². The number of hydrogen-bond donors (Lipinski definition) is 3. The third kappa shape index (κ3) is 8.45. The Morgan fingerprint density at radius 3 is 2.58 bits per heavy atom. The van der Waals surface area contributed by atoms with E-state index in [1.165, 1.54) is 11.1 Å². The second-order valence-electron chi connectivity index (χ2n) is 6.83. The van der Waals surface area contributed by atoms with Gasteiger partial charge in [-0.15, -0.1) is 0 Å². The van der Waals surface area contributed by atoms with Crippen molar-refractivity contribution in [1.82, 2.24) is 5.32 Å². The average molecular weight is 364 g/mol. The minimum absolute atomic E-state index is 0.0948. The van der Waals surface area contributed by atoms with E-state index in [1.807, 2.05) is 6.92 Å². The van der Waals surface area contributed by atoms with Crippen LogP contribution in [0.25, 0.3) is 0 Å². The molecular weight excluding hydrogens is 330 g/mol. The summed E-state index contributed by atoms with van der Waals surface area (Å²) in [7, 11) is 1.67. The van der Waals surface area contributed by atoms with Crippen LogP contribution >= 0.6 is 0 Å². The molecule has 0 saturated heterocycles. The molecule has 2 amide bonds. The molecule has 146 valence electrons. The molecule has 0 saturated carbocycles. The Balaban J connectivity index is 2.41. The molecule has 0 bridgehead atoms. The highest BCUT2D eigenvalue weighted by molar-refractivity contribution is 5.75. The predicted molar refractivity (Wildman–Crippen MR) is 103 cm³/mol. The van der Waals surface area contributed by atoms with Crippen LogP contribution in [-0.2, 0) is 27.4 Å². The van der Waals surface area contributed by atoms with Crippen molar-refractivity contribution >= 4 is 11.8 Å². The maximum atomic E-state index is 11.2. The Morgan fingerprint density at radius 1 is 1.23 bits per heavy atom. The number of primary amides is 1. The molecule has 1 rings (SSSR count). The SMILES string of the molecule is CNC(=O)CCCCc1ccc(CO[C@H](C)[C@@H](N)CCC(N)=O)cc1C. The topological polar surface area (TPSA) is 107 Å². The van der Waals surface area contributed by atoms with Gasteiger partial charge in [-0.3, -0.25) is 9.59 Å². The zero-order valence-corrected chi connectivity index (χ0v) is 16.2. The summed E-state index contributed by atoms with van der Waals surface area (Å²) in [6.45, 7) is 4.50. The molecule has 2 atom stereocenters. The number of rotatable bonds is 12. The third-order valence-electron chi connectivity index (χ3n) is 4.63. The van der Waals surface area contributed by atoms with Gasteiger partial charge in [-0.05, 0) is 56.2 Å². The largest absolute Gasteiger partial charge is 0.372 e. The second kappa shape index (κ2) is 11.6. The number of aryl methyl sites for hydroxylation is 2. The molecule has 5 N–H and O–H groups in total. The van der Waals surface area contributed by atoms with E-state index in [4.69, 9.17) is 16.2 Å². The van der Waals surface area contributed by atoms with Gasteiger partial charge in [-0.1, -0.05) is 18.2 Å². The lowest BCUT2D eigenvalue weighted by Crippen LogP contribution is -2.35. The molecule has 0 radical (unpaired) electrons. The van der Waals surface area contributed by atoms with Crippen LogP contribution in [0.2, 0.25) is 0 Å². The first kappa shape index (κ1) is 22.1. The summed E-state index contributed by atoms with van der Waals surface area (Å²) in [6, 6.07) is 6.13. The average Bonchev–Trinajstić information content (AvgIpc) is 2.62. The number of benzene rings is 1. The van der Waals surface area contributed by atoms with Gasteiger partial charge in [0.1, 0.15) is 0 Å². The lowest BCUT2D eigenvalue weighted by Gasteiger charge is -2.20. The number of nitrogens with one attached hydrogen (secondary N) is 1. The van der Waals surface area contributed by atoms with Gasteiger partial charge in [-0.25, -0.2) is 0 Å². The van der Waals surface area contributed by atoms with E-state index < -0.39 is 0 Å². The van der Waals surface area contributed by atoms with Crippen molar-refractivity contribution < 1.29 is 14.3 Å². The van der Waals surface area contributed by atoms with E-state index in [0.717, 1.165) is 24.8 Å². The fraction of sp³-hybridized carbons (Fsp3) is 0.600. The number of unbranched alkanes of at least 4 members (excludes halogenated alkanes) is 1. The fourth-order valence-corrected chi connectivity index (χ4v) is 2.75. The number of nitrogens with two attached hydrogens (primary N) is 2. The van der Waals surface area contributed by atoms with Crippen molar-refractivity contribution in [3.8, 4) is 0 Å². The molecule has 0 fully saturated rings. The van der Waals surface area contributed by atoms with E-state index in [2.05, 4.69) is 30.4 Å². The van der Waals surface area contributed by atoms with Crippen LogP contribution in [0.5, 0.6) is 0 Å². The van der Waals surface area contributed by atoms with Gasteiger partial charge in [0.05, 0.1) is 12.7 Å². The molecule has 0 aliphatic rings. The lowest BCUT2D eigenvalue weighted by molar-refractivity contribution is -0.121. The van der Waals surface area contributed by atoms with Gasteiger partial charge in [-0.2, -0.15) is 0 Å². The summed E-state index contributed by atoms with van der Waals surface area (Å²) in [5.41, 5.74) is 14.8. The Bertz CT molecular complexity index is 590. The molecule has 0 aromatic heterocycles. The molecule has 0 aliphatic heterocycles. The van der Waals surface area contributed by atoms with Crippen LogP contribution in [0, 0.1) is 6.92 Å². The zero-order chi connectivity index (χ0) is 19.5. The van der Waals surface area contributed by atoms with Gasteiger partial charge >= 0.3 is 0 Å². The summed E-state index contributed by atoms with van der Waals surface area (Å²) in [6.07, 6.45) is 4.11. The van der Waals surface area contributed by atoms with Crippen LogP contribution in [0.15, 0.2) is 18.2 Å². The smallest absolute Gasteiger partial charge is 0.219 e. The molecule has 1 aromatic rings. The maximum Gasteiger partial charge on any atom is 0.219 e. The first-order valence-electron chi connectivity index (χ1n) is 9.28. The van der Waals surface area contributed by atoms with Gasteiger partial charge < -0.3 is 21.5 Å². The first-order chi connectivity index (χ1) is 12.3. The number of carbonyl (C=O) groups is 2. The molecular formula is C20H33N3O3. The van der Waals surface area contributed by atoms with E-state index in [0.29, 0.717) is 19.4 Å². The summed E-state index contributed by atoms with van der Waals surface area (Å²) >= 11 is 0. The van der Waals surface area contributed by atoms with Crippen molar-refractivity contribution in [1.29, 1.82) is 0 Å². The highest BCUT2D eigenvalue weighted by Gasteiger charge is 2.14. The Hall–Kier alpha value is -1.92. The number of ether oxygens (including phenoxy) is 1. The number of hydrogen-bond acceptors (Lipinski definition) is 4. The highest BCUT2D eigenvalue weighted by atomic mass is 16.5. The summed E-state index contributed by atoms with van der Waals surface area (Å²) in [4.78, 5) is 22.1. The monoisotopic (exact) mass is 363 g/mol. The molecule has 0 aliphatic carbocycles. The standard InChI is InChI=1S/C20H33N3O3/c1-14-12-16(13-26-15(2)18(21)10-11-19(22)24)8-9-17(14)6-4-5-7-20(25)23-3/h8-9,12,15,18H,4-7,10-11,13,21H2,1-3H3,(H2,22,24)(H,23,25)/t15-,18+/m1/s1. The quantitative estimate of drug-likeness (QED) is 0.493. The molecule has 0 spiro atoms.